The average Bonchev–Trinajstić information content (AvgIpc) is 2.35. The molecule has 1 heterocycles. The molecule has 2 fully saturated rings. The summed E-state index contributed by atoms with van der Waals surface area (Å²) >= 11 is 0. The van der Waals surface area contributed by atoms with Gasteiger partial charge in [0.05, 0.1) is 24.2 Å². The first-order chi connectivity index (χ1) is 8.66. The zero-order chi connectivity index (χ0) is 13.1. The first kappa shape index (κ1) is 13.8. The highest BCUT2D eigenvalue weighted by atomic mass is 16.5. The monoisotopic (exact) mass is 256 g/mol. The second-order valence-corrected chi connectivity index (χ2v) is 5.71. The van der Waals surface area contributed by atoms with E-state index in [0.29, 0.717) is 6.61 Å². The largest absolute Gasteiger partial charge is 0.394 e. The molecular weight excluding hydrogens is 232 g/mol. The Bertz CT molecular complexity index is 286. The summed E-state index contributed by atoms with van der Waals surface area (Å²) in [4.78, 5) is 12.5. The van der Waals surface area contributed by atoms with E-state index < -0.39 is 5.41 Å². The highest BCUT2D eigenvalue weighted by Crippen LogP contribution is 2.35. The average molecular weight is 256 g/mol. The molecule has 3 N–H and O–H groups in total. The van der Waals surface area contributed by atoms with Gasteiger partial charge in [-0.25, -0.2) is 0 Å². The first-order valence-electron chi connectivity index (χ1n) is 6.80. The molecule has 0 aromatic heterocycles. The van der Waals surface area contributed by atoms with Crippen LogP contribution in [0.5, 0.6) is 0 Å². The van der Waals surface area contributed by atoms with Crippen molar-refractivity contribution in [2.75, 3.05) is 33.4 Å². The van der Waals surface area contributed by atoms with Crippen LogP contribution in [-0.2, 0) is 9.53 Å². The zero-order valence-corrected chi connectivity index (χ0v) is 11.1. The van der Waals surface area contributed by atoms with Crippen LogP contribution in [0.3, 0.4) is 0 Å². The summed E-state index contributed by atoms with van der Waals surface area (Å²) in [6.45, 7) is 2.20. The SMILES string of the molecule is COCC1(C(=O)NC2(CO)CCC2)CCNCC1. The van der Waals surface area contributed by atoms with Crippen molar-refractivity contribution in [3.8, 4) is 0 Å². The zero-order valence-electron chi connectivity index (χ0n) is 11.1. The van der Waals surface area contributed by atoms with Crippen molar-refractivity contribution >= 4 is 5.91 Å². The van der Waals surface area contributed by atoms with E-state index in [1.54, 1.807) is 7.11 Å². The van der Waals surface area contributed by atoms with Crippen LogP contribution >= 0.6 is 0 Å². The van der Waals surface area contributed by atoms with Gasteiger partial charge in [-0.1, -0.05) is 0 Å². The lowest BCUT2D eigenvalue weighted by Gasteiger charge is -2.45. The van der Waals surface area contributed by atoms with Gasteiger partial charge in [-0.3, -0.25) is 4.79 Å². The molecule has 1 aliphatic carbocycles. The Labute approximate surface area is 108 Å². The Balaban J connectivity index is 2.03. The molecular formula is C13H24N2O3. The molecule has 0 aromatic carbocycles. The number of aliphatic hydroxyl groups excluding tert-OH is 1. The third kappa shape index (κ3) is 2.53. The molecule has 104 valence electrons. The number of ether oxygens (including phenoxy) is 1. The van der Waals surface area contributed by atoms with Gasteiger partial charge in [0, 0.05) is 7.11 Å². The Morgan fingerprint density at radius 1 is 1.33 bits per heavy atom. The minimum Gasteiger partial charge on any atom is -0.394 e. The number of carbonyl (C=O) groups is 1. The van der Waals surface area contributed by atoms with Gasteiger partial charge in [-0.15, -0.1) is 0 Å². The predicted octanol–water partition coefficient (Wildman–Crippen LogP) is 0.0338. The van der Waals surface area contributed by atoms with Crippen LogP contribution in [0.2, 0.25) is 0 Å². The second-order valence-electron chi connectivity index (χ2n) is 5.71. The van der Waals surface area contributed by atoms with Gasteiger partial charge < -0.3 is 20.5 Å². The molecule has 2 rings (SSSR count). The molecule has 18 heavy (non-hydrogen) atoms. The van der Waals surface area contributed by atoms with Gasteiger partial charge in [0.15, 0.2) is 0 Å². The minimum absolute atomic E-state index is 0.0417. The fraction of sp³-hybridized carbons (Fsp3) is 0.923. The summed E-state index contributed by atoms with van der Waals surface area (Å²) in [7, 11) is 1.64. The van der Waals surface area contributed by atoms with Crippen LogP contribution in [-0.4, -0.2) is 50.0 Å². The predicted molar refractivity (Wildman–Crippen MR) is 68.2 cm³/mol. The van der Waals surface area contributed by atoms with E-state index in [-0.39, 0.29) is 18.1 Å². The lowest BCUT2D eigenvalue weighted by Crippen LogP contribution is -2.61. The van der Waals surface area contributed by atoms with Crippen LogP contribution in [0, 0.1) is 5.41 Å². The standard InChI is InChI=1S/C13H24N2O3/c1-18-10-12(5-7-14-8-6-12)11(17)15-13(9-16)3-2-4-13/h14,16H,2-10H2,1H3,(H,15,17). The Kier molecular flexibility index (Phi) is 4.25. The molecule has 0 unspecified atom stereocenters. The van der Waals surface area contributed by atoms with Crippen molar-refractivity contribution in [2.24, 2.45) is 5.41 Å². The van der Waals surface area contributed by atoms with E-state index in [2.05, 4.69) is 10.6 Å². The first-order valence-corrected chi connectivity index (χ1v) is 6.80. The molecule has 5 nitrogen and oxygen atoms in total. The topological polar surface area (TPSA) is 70.6 Å². The number of piperidine rings is 1. The molecule has 1 amide bonds. The highest BCUT2D eigenvalue weighted by Gasteiger charge is 2.45. The van der Waals surface area contributed by atoms with Crippen molar-refractivity contribution in [2.45, 2.75) is 37.6 Å². The van der Waals surface area contributed by atoms with Crippen LogP contribution in [0.1, 0.15) is 32.1 Å². The van der Waals surface area contributed by atoms with Crippen molar-refractivity contribution in [3.05, 3.63) is 0 Å². The molecule has 2 aliphatic rings. The number of hydrogen-bond donors (Lipinski definition) is 3. The van der Waals surface area contributed by atoms with Gasteiger partial charge in [0.1, 0.15) is 0 Å². The molecule has 1 saturated carbocycles. The van der Waals surface area contributed by atoms with E-state index in [4.69, 9.17) is 4.74 Å². The van der Waals surface area contributed by atoms with Crippen molar-refractivity contribution in [1.29, 1.82) is 0 Å². The van der Waals surface area contributed by atoms with E-state index in [9.17, 15) is 9.90 Å². The molecule has 0 atom stereocenters. The number of hydrogen-bond acceptors (Lipinski definition) is 4. The molecule has 1 aliphatic heterocycles. The van der Waals surface area contributed by atoms with E-state index >= 15 is 0 Å². The van der Waals surface area contributed by atoms with Crippen molar-refractivity contribution in [1.82, 2.24) is 10.6 Å². The third-order valence-corrected chi connectivity index (χ3v) is 4.45. The smallest absolute Gasteiger partial charge is 0.229 e. The Morgan fingerprint density at radius 3 is 2.44 bits per heavy atom. The maximum atomic E-state index is 12.5. The van der Waals surface area contributed by atoms with E-state index in [0.717, 1.165) is 45.2 Å². The fourth-order valence-corrected chi connectivity index (χ4v) is 2.92. The molecule has 5 heteroatoms. The molecule has 0 aromatic rings. The van der Waals surface area contributed by atoms with Gasteiger partial charge in [-0.05, 0) is 45.2 Å². The molecule has 0 radical (unpaired) electrons. The number of methoxy groups -OCH3 is 1. The fourth-order valence-electron chi connectivity index (χ4n) is 2.92. The second kappa shape index (κ2) is 5.55. The minimum atomic E-state index is -0.419. The number of rotatable bonds is 5. The number of aliphatic hydroxyl groups is 1. The number of amides is 1. The summed E-state index contributed by atoms with van der Waals surface area (Å²) in [5, 5.41) is 15.8. The normalized spacial score (nSPS) is 25.2. The summed E-state index contributed by atoms with van der Waals surface area (Å²) in [6.07, 6.45) is 4.45. The van der Waals surface area contributed by atoms with Crippen LogP contribution in [0.4, 0.5) is 0 Å². The molecule has 1 saturated heterocycles. The summed E-state index contributed by atoms with van der Waals surface area (Å²) in [5.41, 5.74) is -0.777. The Hall–Kier alpha value is -0.650. The van der Waals surface area contributed by atoms with Gasteiger partial charge in [-0.2, -0.15) is 0 Å². The van der Waals surface area contributed by atoms with Gasteiger partial charge in [0.25, 0.3) is 0 Å². The van der Waals surface area contributed by atoms with Crippen molar-refractivity contribution in [3.63, 3.8) is 0 Å². The maximum absolute atomic E-state index is 12.5. The maximum Gasteiger partial charge on any atom is 0.229 e. The molecule has 0 bridgehead atoms. The van der Waals surface area contributed by atoms with Crippen LogP contribution < -0.4 is 10.6 Å². The third-order valence-electron chi connectivity index (χ3n) is 4.45. The van der Waals surface area contributed by atoms with Crippen LogP contribution in [0.15, 0.2) is 0 Å². The van der Waals surface area contributed by atoms with Crippen LogP contribution in [0.25, 0.3) is 0 Å². The van der Waals surface area contributed by atoms with E-state index in [1.807, 2.05) is 0 Å². The lowest BCUT2D eigenvalue weighted by atomic mass is 9.74. The lowest BCUT2D eigenvalue weighted by molar-refractivity contribution is -0.140. The van der Waals surface area contributed by atoms with Crippen molar-refractivity contribution < 1.29 is 14.6 Å². The summed E-state index contributed by atoms with van der Waals surface area (Å²) < 4.78 is 5.25. The van der Waals surface area contributed by atoms with E-state index in [1.165, 1.54) is 0 Å². The highest BCUT2D eigenvalue weighted by molar-refractivity contribution is 5.83. The molecule has 0 spiro atoms. The van der Waals surface area contributed by atoms with Gasteiger partial charge in [0.2, 0.25) is 5.91 Å². The van der Waals surface area contributed by atoms with Gasteiger partial charge >= 0.3 is 0 Å². The number of carbonyl (C=O) groups excluding carboxylic acids is 1. The Morgan fingerprint density at radius 2 is 2.00 bits per heavy atom. The quantitative estimate of drug-likeness (QED) is 0.649. The summed E-state index contributed by atoms with van der Waals surface area (Å²) in [5.74, 6) is 0.0552. The summed E-state index contributed by atoms with van der Waals surface area (Å²) in [6, 6.07) is 0. The number of nitrogens with one attached hydrogen (secondary N) is 2.